The van der Waals surface area contributed by atoms with Crippen molar-refractivity contribution in [1.82, 2.24) is 4.98 Å². The Morgan fingerprint density at radius 3 is 2.55 bits per heavy atom. The van der Waals surface area contributed by atoms with Crippen molar-refractivity contribution in [2.75, 3.05) is 5.32 Å². The second-order valence-electron chi connectivity index (χ2n) is 5.55. The average Bonchev–Trinajstić information content (AvgIpc) is 2.84. The van der Waals surface area contributed by atoms with Gasteiger partial charge in [0.15, 0.2) is 0 Å². The van der Waals surface area contributed by atoms with Crippen molar-refractivity contribution >= 4 is 22.5 Å². The monoisotopic (exact) mass is 292 g/mol. The molecule has 22 heavy (non-hydrogen) atoms. The molecule has 0 spiro atoms. The summed E-state index contributed by atoms with van der Waals surface area (Å²) in [5.74, 6) is 0.0112. The number of amides is 1. The lowest BCUT2D eigenvalue weighted by atomic mass is 10.1. The Labute approximate surface area is 130 Å². The van der Waals surface area contributed by atoms with Gasteiger partial charge in [-0.15, -0.1) is 0 Å². The summed E-state index contributed by atoms with van der Waals surface area (Å²) in [6, 6.07) is 16.1. The first kappa shape index (κ1) is 14.4. The van der Waals surface area contributed by atoms with E-state index in [4.69, 9.17) is 0 Å². The normalized spacial score (nSPS) is 10.8. The number of aromatic nitrogens is 1. The minimum absolute atomic E-state index is 0.0112. The number of aryl methyl sites for hydroxylation is 2. The van der Waals surface area contributed by atoms with Crippen molar-refractivity contribution < 1.29 is 4.79 Å². The molecular weight excluding hydrogens is 272 g/mol. The largest absolute Gasteiger partial charge is 0.358 e. The second-order valence-corrected chi connectivity index (χ2v) is 5.55. The van der Waals surface area contributed by atoms with E-state index < -0.39 is 0 Å². The molecule has 0 saturated carbocycles. The standard InChI is InChI=1S/C19H20N2O/c1-3-14-8-10-15(11-9-14)21-19(22)12-17-13(2)20-18-7-5-4-6-16(17)18/h4-11,20H,3,12H2,1-2H3,(H,21,22). The third-order valence-corrected chi connectivity index (χ3v) is 4.01. The maximum Gasteiger partial charge on any atom is 0.228 e. The molecule has 0 radical (unpaired) electrons. The number of aromatic amines is 1. The van der Waals surface area contributed by atoms with Gasteiger partial charge >= 0.3 is 0 Å². The van der Waals surface area contributed by atoms with Crippen molar-refractivity contribution in [3.8, 4) is 0 Å². The molecule has 3 rings (SSSR count). The summed E-state index contributed by atoms with van der Waals surface area (Å²) in [4.78, 5) is 15.6. The number of carbonyl (C=O) groups is 1. The molecule has 1 heterocycles. The number of fused-ring (bicyclic) bond motifs is 1. The molecule has 0 atom stereocenters. The van der Waals surface area contributed by atoms with Crippen LogP contribution in [-0.2, 0) is 17.6 Å². The first-order valence-electron chi connectivity index (χ1n) is 7.62. The van der Waals surface area contributed by atoms with Gasteiger partial charge in [0.2, 0.25) is 5.91 Å². The number of benzene rings is 2. The number of anilines is 1. The summed E-state index contributed by atoms with van der Waals surface area (Å²) < 4.78 is 0. The highest BCUT2D eigenvalue weighted by molar-refractivity contribution is 5.96. The van der Waals surface area contributed by atoms with Crippen molar-refractivity contribution in [3.05, 3.63) is 65.4 Å². The van der Waals surface area contributed by atoms with Gasteiger partial charge in [0.1, 0.15) is 0 Å². The first-order chi connectivity index (χ1) is 10.7. The number of carbonyl (C=O) groups excluding carboxylic acids is 1. The van der Waals surface area contributed by atoms with Crippen LogP contribution in [0.15, 0.2) is 48.5 Å². The Balaban J connectivity index is 1.76. The van der Waals surface area contributed by atoms with E-state index in [1.54, 1.807) is 0 Å². The molecule has 0 saturated heterocycles. The Morgan fingerprint density at radius 2 is 1.82 bits per heavy atom. The van der Waals surface area contributed by atoms with Crippen LogP contribution >= 0.6 is 0 Å². The highest BCUT2D eigenvalue weighted by atomic mass is 16.1. The maximum atomic E-state index is 12.3. The molecule has 0 unspecified atom stereocenters. The molecule has 3 heteroatoms. The molecule has 0 aliphatic rings. The fourth-order valence-corrected chi connectivity index (χ4v) is 2.75. The molecule has 1 amide bonds. The number of para-hydroxylation sites is 1. The van der Waals surface area contributed by atoms with Crippen LogP contribution in [0.3, 0.4) is 0 Å². The van der Waals surface area contributed by atoms with E-state index >= 15 is 0 Å². The summed E-state index contributed by atoms with van der Waals surface area (Å²) in [5, 5.41) is 4.09. The maximum absolute atomic E-state index is 12.3. The van der Waals surface area contributed by atoms with Crippen LogP contribution in [0.5, 0.6) is 0 Å². The van der Waals surface area contributed by atoms with Gasteiger partial charge in [-0.3, -0.25) is 4.79 Å². The van der Waals surface area contributed by atoms with Crippen LogP contribution in [0.4, 0.5) is 5.69 Å². The summed E-state index contributed by atoms with van der Waals surface area (Å²) >= 11 is 0. The van der Waals surface area contributed by atoms with Crippen LogP contribution in [0, 0.1) is 6.92 Å². The molecule has 2 aromatic carbocycles. The fourth-order valence-electron chi connectivity index (χ4n) is 2.75. The van der Waals surface area contributed by atoms with E-state index in [1.165, 1.54) is 5.56 Å². The predicted octanol–water partition coefficient (Wildman–Crippen LogP) is 4.22. The minimum Gasteiger partial charge on any atom is -0.358 e. The smallest absolute Gasteiger partial charge is 0.228 e. The molecule has 0 aliphatic heterocycles. The van der Waals surface area contributed by atoms with Crippen molar-refractivity contribution in [1.29, 1.82) is 0 Å². The van der Waals surface area contributed by atoms with Gasteiger partial charge in [0.05, 0.1) is 6.42 Å². The summed E-state index contributed by atoms with van der Waals surface area (Å²) in [6.07, 6.45) is 1.38. The minimum atomic E-state index is 0.0112. The molecule has 112 valence electrons. The lowest BCUT2D eigenvalue weighted by Crippen LogP contribution is -2.14. The zero-order valence-electron chi connectivity index (χ0n) is 12.9. The van der Waals surface area contributed by atoms with Crippen LogP contribution in [0.2, 0.25) is 0 Å². The molecule has 0 aliphatic carbocycles. The number of nitrogens with one attached hydrogen (secondary N) is 2. The summed E-state index contributed by atoms with van der Waals surface area (Å²) in [7, 11) is 0. The van der Waals surface area contributed by atoms with E-state index in [0.717, 1.165) is 34.3 Å². The van der Waals surface area contributed by atoms with Crippen LogP contribution < -0.4 is 5.32 Å². The molecule has 0 fully saturated rings. The highest BCUT2D eigenvalue weighted by Crippen LogP contribution is 2.22. The molecule has 2 N–H and O–H groups in total. The third-order valence-electron chi connectivity index (χ3n) is 4.01. The topological polar surface area (TPSA) is 44.9 Å². The number of hydrogen-bond donors (Lipinski definition) is 2. The van der Waals surface area contributed by atoms with Gasteiger partial charge in [-0.1, -0.05) is 37.3 Å². The Hall–Kier alpha value is -2.55. The molecular formula is C19H20N2O. The molecule has 1 aromatic heterocycles. The number of hydrogen-bond acceptors (Lipinski definition) is 1. The van der Waals surface area contributed by atoms with Crippen LogP contribution in [0.1, 0.15) is 23.7 Å². The SMILES string of the molecule is CCc1ccc(NC(=O)Cc2c(C)[nH]c3ccccc23)cc1. The van der Waals surface area contributed by atoms with Gasteiger partial charge in [-0.25, -0.2) is 0 Å². The first-order valence-corrected chi connectivity index (χ1v) is 7.62. The Morgan fingerprint density at radius 1 is 1.09 bits per heavy atom. The van der Waals surface area contributed by atoms with Gasteiger partial charge in [-0.2, -0.15) is 0 Å². The fraction of sp³-hybridized carbons (Fsp3) is 0.211. The third kappa shape index (κ3) is 2.89. The summed E-state index contributed by atoms with van der Waals surface area (Å²) in [5.41, 5.74) is 5.32. The van der Waals surface area contributed by atoms with Gasteiger partial charge in [0, 0.05) is 22.3 Å². The molecule has 3 aromatic rings. The van der Waals surface area contributed by atoms with Crippen molar-refractivity contribution in [2.45, 2.75) is 26.7 Å². The van der Waals surface area contributed by atoms with E-state index in [-0.39, 0.29) is 5.91 Å². The van der Waals surface area contributed by atoms with Crippen LogP contribution in [-0.4, -0.2) is 10.9 Å². The highest BCUT2D eigenvalue weighted by Gasteiger charge is 2.12. The van der Waals surface area contributed by atoms with Crippen LogP contribution in [0.25, 0.3) is 10.9 Å². The van der Waals surface area contributed by atoms with E-state index in [9.17, 15) is 4.79 Å². The van der Waals surface area contributed by atoms with Crippen molar-refractivity contribution in [2.24, 2.45) is 0 Å². The van der Waals surface area contributed by atoms with E-state index in [1.807, 2.05) is 49.4 Å². The lowest BCUT2D eigenvalue weighted by molar-refractivity contribution is -0.115. The Bertz CT molecular complexity index is 800. The van der Waals surface area contributed by atoms with E-state index in [2.05, 4.69) is 23.3 Å². The quantitative estimate of drug-likeness (QED) is 0.743. The van der Waals surface area contributed by atoms with E-state index in [0.29, 0.717) is 6.42 Å². The zero-order valence-corrected chi connectivity index (χ0v) is 12.9. The van der Waals surface area contributed by atoms with Gasteiger partial charge in [-0.05, 0) is 42.7 Å². The predicted molar refractivity (Wildman–Crippen MR) is 91.2 cm³/mol. The number of rotatable bonds is 4. The Kier molecular flexibility index (Phi) is 3.96. The molecule has 0 bridgehead atoms. The average molecular weight is 292 g/mol. The van der Waals surface area contributed by atoms with Gasteiger partial charge in [0.25, 0.3) is 0 Å². The van der Waals surface area contributed by atoms with Gasteiger partial charge < -0.3 is 10.3 Å². The zero-order chi connectivity index (χ0) is 15.5. The second kappa shape index (κ2) is 6.06. The van der Waals surface area contributed by atoms with Crippen molar-refractivity contribution in [3.63, 3.8) is 0 Å². The summed E-state index contributed by atoms with van der Waals surface area (Å²) in [6.45, 7) is 4.13. The number of H-pyrrole nitrogens is 1. The molecule has 3 nitrogen and oxygen atoms in total. The lowest BCUT2D eigenvalue weighted by Gasteiger charge is -2.06.